The van der Waals surface area contributed by atoms with E-state index in [9.17, 15) is 14.4 Å². The summed E-state index contributed by atoms with van der Waals surface area (Å²) in [5, 5.41) is 9.87. The van der Waals surface area contributed by atoms with Gasteiger partial charge in [0.2, 0.25) is 0 Å². The van der Waals surface area contributed by atoms with Gasteiger partial charge in [0.25, 0.3) is 11.8 Å². The van der Waals surface area contributed by atoms with Crippen molar-refractivity contribution < 1.29 is 19.5 Å². The summed E-state index contributed by atoms with van der Waals surface area (Å²) in [6, 6.07) is 6.06. The molecule has 0 bridgehead atoms. The highest BCUT2D eigenvalue weighted by atomic mass is 35.5. The highest BCUT2D eigenvalue weighted by Gasteiger charge is 2.26. The van der Waals surface area contributed by atoms with Crippen molar-refractivity contribution in [2.24, 2.45) is 0 Å². The zero-order valence-corrected chi connectivity index (χ0v) is 10.8. The summed E-state index contributed by atoms with van der Waals surface area (Å²) in [6.07, 6.45) is 0. The predicted octanol–water partition coefficient (Wildman–Crippen LogP) is 1.30. The monoisotopic (exact) mass is 302 g/mol. The molecule has 0 spiro atoms. The van der Waals surface area contributed by atoms with Crippen LogP contribution in [0.3, 0.4) is 0 Å². The molecule has 0 unspecified atom stereocenters. The molecular weight excluding hydrogens is 295 g/mol. The number of imide groups is 1. The second-order valence-corrected chi connectivity index (χ2v) is 4.09. The van der Waals surface area contributed by atoms with Crippen LogP contribution in [-0.4, -0.2) is 22.9 Å². The number of nitrogens with one attached hydrogen (secondary N) is 1. The molecule has 8 heteroatoms. The van der Waals surface area contributed by atoms with Gasteiger partial charge in [0, 0.05) is 5.69 Å². The van der Waals surface area contributed by atoms with Crippen LogP contribution in [0.1, 0.15) is 10.4 Å². The summed E-state index contributed by atoms with van der Waals surface area (Å²) in [7, 11) is 0. The Morgan fingerprint density at radius 2 is 1.47 bits per heavy atom. The van der Waals surface area contributed by atoms with Crippen LogP contribution in [0.2, 0.25) is 0 Å². The maximum Gasteiger partial charge on any atom is 0.335 e. The van der Waals surface area contributed by atoms with E-state index in [4.69, 9.17) is 34.0 Å². The van der Waals surface area contributed by atoms with Gasteiger partial charge in [-0.2, -0.15) is 0 Å². The van der Waals surface area contributed by atoms with Gasteiger partial charge in [-0.15, -0.1) is 0 Å². The van der Waals surface area contributed by atoms with Crippen LogP contribution in [0.15, 0.2) is 34.3 Å². The molecule has 1 heterocycles. The van der Waals surface area contributed by atoms with Crippen molar-refractivity contribution >= 4 is 46.7 Å². The van der Waals surface area contributed by atoms with Crippen molar-refractivity contribution in [1.29, 1.82) is 0 Å². The summed E-state index contributed by atoms with van der Waals surface area (Å²) in [6.45, 7) is 0. The SMILES string of the molecule is Nc1ccc(C(=O)O)cc1.O=C1NC(=O)C(Cl)=C1Cl. The Morgan fingerprint density at radius 1 is 1.05 bits per heavy atom. The van der Waals surface area contributed by atoms with Gasteiger partial charge < -0.3 is 10.8 Å². The summed E-state index contributed by atoms with van der Waals surface area (Å²) in [5.74, 6) is -2.20. The molecule has 0 saturated heterocycles. The van der Waals surface area contributed by atoms with E-state index in [1.807, 2.05) is 5.32 Å². The molecule has 4 N–H and O–H groups in total. The Kier molecular flexibility index (Phi) is 4.91. The van der Waals surface area contributed by atoms with E-state index in [1.165, 1.54) is 12.1 Å². The first kappa shape index (κ1) is 15.0. The average molecular weight is 303 g/mol. The summed E-state index contributed by atoms with van der Waals surface area (Å²) in [4.78, 5) is 31.0. The smallest absolute Gasteiger partial charge is 0.335 e. The second kappa shape index (κ2) is 6.21. The van der Waals surface area contributed by atoms with Crippen molar-refractivity contribution in [2.75, 3.05) is 5.73 Å². The first-order chi connectivity index (χ1) is 8.82. The van der Waals surface area contributed by atoms with Gasteiger partial charge in [-0.05, 0) is 24.3 Å². The van der Waals surface area contributed by atoms with E-state index in [1.54, 1.807) is 12.1 Å². The van der Waals surface area contributed by atoms with Crippen LogP contribution < -0.4 is 11.1 Å². The lowest BCUT2D eigenvalue weighted by atomic mass is 10.2. The molecule has 0 aliphatic carbocycles. The van der Waals surface area contributed by atoms with Crippen LogP contribution in [0.25, 0.3) is 0 Å². The molecule has 0 saturated carbocycles. The maximum absolute atomic E-state index is 10.4. The number of carboxylic acids is 1. The highest BCUT2D eigenvalue weighted by Crippen LogP contribution is 2.18. The number of nitrogen functional groups attached to an aromatic ring is 1. The van der Waals surface area contributed by atoms with Crippen molar-refractivity contribution in [3.8, 4) is 0 Å². The molecular formula is C11H8Cl2N2O4. The minimum atomic E-state index is -0.931. The highest BCUT2D eigenvalue weighted by molar-refractivity contribution is 6.58. The van der Waals surface area contributed by atoms with Gasteiger partial charge in [0.1, 0.15) is 10.1 Å². The molecule has 6 nitrogen and oxygen atoms in total. The van der Waals surface area contributed by atoms with E-state index in [0.29, 0.717) is 5.69 Å². The first-order valence-electron chi connectivity index (χ1n) is 4.82. The van der Waals surface area contributed by atoms with E-state index in [0.717, 1.165) is 0 Å². The molecule has 0 atom stereocenters. The maximum atomic E-state index is 10.4. The van der Waals surface area contributed by atoms with Crippen molar-refractivity contribution in [2.45, 2.75) is 0 Å². The van der Waals surface area contributed by atoms with Crippen LogP contribution in [0.5, 0.6) is 0 Å². The predicted molar refractivity (Wildman–Crippen MR) is 69.7 cm³/mol. The number of hydrogen-bond donors (Lipinski definition) is 3. The van der Waals surface area contributed by atoms with Gasteiger partial charge in [-0.1, -0.05) is 23.2 Å². The number of carbonyl (C=O) groups is 3. The van der Waals surface area contributed by atoms with E-state index >= 15 is 0 Å². The Hall–Kier alpha value is -2.05. The van der Waals surface area contributed by atoms with Gasteiger partial charge in [0.15, 0.2) is 0 Å². The lowest BCUT2D eigenvalue weighted by Crippen LogP contribution is -2.21. The standard InChI is InChI=1S/C7H7NO2.C4HCl2NO2/c8-6-3-1-5(2-4-6)7(9)10;5-1-2(6)4(9)7-3(1)8/h1-4H,8H2,(H,9,10);(H,7,8,9). The number of benzene rings is 1. The molecule has 1 aliphatic heterocycles. The molecule has 2 amide bonds. The molecule has 0 fully saturated rings. The van der Waals surface area contributed by atoms with Gasteiger partial charge in [-0.25, -0.2) is 4.79 Å². The van der Waals surface area contributed by atoms with Crippen LogP contribution >= 0.6 is 23.2 Å². The number of nitrogens with two attached hydrogens (primary N) is 1. The minimum Gasteiger partial charge on any atom is -0.478 e. The quantitative estimate of drug-likeness (QED) is 0.535. The third-order valence-electron chi connectivity index (χ3n) is 1.98. The number of rotatable bonds is 1. The average Bonchev–Trinajstić information content (AvgIpc) is 2.58. The molecule has 19 heavy (non-hydrogen) atoms. The van der Waals surface area contributed by atoms with Gasteiger partial charge in [-0.3, -0.25) is 14.9 Å². The zero-order chi connectivity index (χ0) is 14.6. The van der Waals surface area contributed by atoms with Gasteiger partial charge in [0.05, 0.1) is 5.56 Å². The molecule has 0 aromatic heterocycles. The molecule has 2 rings (SSSR count). The number of carboxylic acid groups (broad SMARTS) is 1. The largest absolute Gasteiger partial charge is 0.478 e. The number of carbonyl (C=O) groups excluding carboxylic acids is 2. The van der Waals surface area contributed by atoms with E-state index in [-0.39, 0.29) is 15.6 Å². The summed E-state index contributed by atoms with van der Waals surface area (Å²) in [5.41, 5.74) is 6.17. The van der Waals surface area contributed by atoms with Crippen LogP contribution in [0, 0.1) is 0 Å². The number of amides is 2. The zero-order valence-electron chi connectivity index (χ0n) is 9.31. The van der Waals surface area contributed by atoms with Gasteiger partial charge >= 0.3 is 5.97 Å². The molecule has 1 aromatic rings. The Morgan fingerprint density at radius 3 is 1.74 bits per heavy atom. The Balaban J connectivity index is 0.000000191. The minimum absolute atomic E-state index is 0.235. The molecule has 1 aromatic carbocycles. The van der Waals surface area contributed by atoms with Crippen molar-refractivity contribution in [3.63, 3.8) is 0 Å². The normalized spacial score (nSPS) is 13.8. The first-order valence-corrected chi connectivity index (χ1v) is 5.58. The third-order valence-corrected chi connectivity index (χ3v) is 2.79. The van der Waals surface area contributed by atoms with E-state index in [2.05, 4.69) is 0 Å². The molecule has 1 aliphatic rings. The molecule has 0 radical (unpaired) electrons. The van der Waals surface area contributed by atoms with Crippen molar-refractivity contribution in [1.82, 2.24) is 5.32 Å². The number of aromatic carboxylic acids is 1. The van der Waals surface area contributed by atoms with E-state index < -0.39 is 17.8 Å². The summed E-state index contributed by atoms with van der Waals surface area (Å²) < 4.78 is 0. The van der Waals surface area contributed by atoms with Crippen molar-refractivity contribution in [3.05, 3.63) is 39.9 Å². The van der Waals surface area contributed by atoms with Crippen LogP contribution in [0.4, 0.5) is 5.69 Å². The topological polar surface area (TPSA) is 109 Å². The van der Waals surface area contributed by atoms with Crippen LogP contribution in [-0.2, 0) is 9.59 Å². The number of hydrogen-bond acceptors (Lipinski definition) is 4. The fourth-order valence-corrected chi connectivity index (χ4v) is 1.30. The second-order valence-electron chi connectivity index (χ2n) is 3.34. The lowest BCUT2D eigenvalue weighted by Gasteiger charge is -1.93. The fourth-order valence-electron chi connectivity index (χ4n) is 1.04. The molecule has 100 valence electrons. The fraction of sp³-hybridized carbons (Fsp3) is 0. The third kappa shape index (κ3) is 3.97. The lowest BCUT2D eigenvalue weighted by molar-refractivity contribution is -0.123. The summed E-state index contributed by atoms with van der Waals surface area (Å²) >= 11 is 10.4. The number of halogens is 2. The Labute approximate surface area is 117 Å². The Bertz CT molecular complexity index is 545. The number of anilines is 1.